The van der Waals surface area contributed by atoms with Crippen molar-refractivity contribution in [3.8, 4) is 0 Å². The van der Waals surface area contributed by atoms with Crippen LogP contribution < -0.4 is 0 Å². The van der Waals surface area contributed by atoms with Gasteiger partial charge in [-0.15, -0.1) is 0 Å². The smallest absolute Gasteiger partial charge is 0.0843 e. The average Bonchev–Trinajstić information content (AvgIpc) is 2.61. The second-order valence-electron chi connectivity index (χ2n) is 4.61. The summed E-state index contributed by atoms with van der Waals surface area (Å²) in [5.41, 5.74) is 1.04. The molecule has 2 nitrogen and oxygen atoms in total. The van der Waals surface area contributed by atoms with Crippen LogP contribution in [0.15, 0.2) is 24.3 Å². The number of aliphatic hydroxyl groups excluding tert-OH is 1. The van der Waals surface area contributed by atoms with Crippen molar-refractivity contribution in [1.82, 2.24) is 4.37 Å². The van der Waals surface area contributed by atoms with Gasteiger partial charge in [0.1, 0.15) is 0 Å². The Morgan fingerprint density at radius 3 is 2.81 bits per heavy atom. The van der Waals surface area contributed by atoms with Gasteiger partial charge >= 0.3 is 0 Å². The van der Waals surface area contributed by atoms with Crippen LogP contribution in [0, 0.1) is 5.92 Å². The molecule has 1 unspecified atom stereocenters. The third-order valence-corrected chi connectivity index (χ3v) is 3.52. The molecule has 1 N–H and O–H groups in total. The van der Waals surface area contributed by atoms with Gasteiger partial charge in [-0.1, -0.05) is 32.0 Å². The Kier molecular flexibility index (Phi) is 3.56. The van der Waals surface area contributed by atoms with Crippen molar-refractivity contribution in [2.45, 2.75) is 32.8 Å². The molecule has 0 fully saturated rings. The molecule has 1 aromatic heterocycles. The molecule has 1 heterocycles. The zero-order valence-corrected chi connectivity index (χ0v) is 10.5. The molecule has 16 heavy (non-hydrogen) atoms. The summed E-state index contributed by atoms with van der Waals surface area (Å²) in [5.74, 6) is 0.536. The molecule has 2 rings (SSSR count). The molecule has 3 heteroatoms. The predicted molar refractivity (Wildman–Crippen MR) is 68.8 cm³/mol. The van der Waals surface area contributed by atoms with E-state index in [0.29, 0.717) is 5.92 Å². The SMILES string of the molecule is CC(C)CC(O)Cc1snc2ccccc12. The predicted octanol–water partition coefficient (Wildman–Crippen LogP) is 3.25. The molecular weight excluding hydrogens is 218 g/mol. The van der Waals surface area contributed by atoms with E-state index in [-0.39, 0.29) is 6.10 Å². The molecular formula is C13H17NOS. The van der Waals surface area contributed by atoms with Gasteiger partial charge in [-0.3, -0.25) is 0 Å². The van der Waals surface area contributed by atoms with Crippen LogP contribution in [-0.2, 0) is 6.42 Å². The second-order valence-corrected chi connectivity index (χ2v) is 5.47. The maximum Gasteiger partial charge on any atom is 0.0843 e. The van der Waals surface area contributed by atoms with Crippen LogP contribution in [0.4, 0.5) is 0 Å². The lowest BCUT2D eigenvalue weighted by Gasteiger charge is -2.11. The number of hydrogen-bond donors (Lipinski definition) is 1. The van der Waals surface area contributed by atoms with Crippen LogP contribution in [0.1, 0.15) is 25.1 Å². The van der Waals surface area contributed by atoms with E-state index in [0.717, 1.165) is 18.4 Å². The molecule has 0 amide bonds. The molecule has 2 aromatic rings. The first-order chi connectivity index (χ1) is 7.66. The molecule has 0 saturated heterocycles. The molecule has 1 atom stereocenters. The number of nitrogens with zero attached hydrogens (tertiary/aromatic N) is 1. The Bertz CT molecular complexity index is 464. The van der Waals surface area contributed by atoms with Crippen LogP contribution in [0.2, 0.25) is 0 Å². The molecule has 1 aromatic carbocycles. The lowest BCUT2D eigenvalue weighted by Crippen LogP contribution is -2.12. The van der Waals surface area contributed by atoms with Gasteiger partial charge in [0.25, 0.3) is 0 Å². The van der Waals surface area contributed by atoms with E-state index in [4.69, 9.17) is 0 Å². The fourth-order valence-electron chi connectivity index (χ4n) is 1.93. The van der Waals surface area contributed by atoms with E-state index in [2.05, 4.69) is 24.3 Å². The fraction of sp³-hybridized carbons (Fsp3) is 0.462. The molecule has 0 spiro atoms. The Morgan fingerprint density at radius 1 is 1.31 bits per heavy atom. The molecule has 0 aliphatic heterocycles. The van der Waals surface area contributed by atoms with Crippen molar-refractivity contribution < 1.29 is 5.11 Å². The normalized spacial score (nSPS) is 13.5. The van der Waals surface area contributed by atoms with E-state index in [1.165, 1.54) is 21.8 Å². The maximum absolute atomic E-state index is 9.93. The van der Waals surface area contributed by atoms with E-state index in [1.807, 2.05) is 18.2 Å². The first kappa shape index (κ1) is 11.6. The van der Waals surface area contributed by atoms with Crippen LogP contribution in [-0.4, -0.2) is 15.6 Å². The zero-order valence-electron chi connectivity index (χ0n) is 9.68. The van der Waals surface area contributed by atoms with Crippen LogP contribution in [0.25, 0.3) is 10.9 Å². The highest BCUT2D eigenvalue weighted by atomic mass is 32.1. The quantitative estimate of drug-likeness (QED) is 0.882. The highest BCUT2D eigenvalue weighted by molar-refractivity contribution is 7.07. The van der Waals surface area contributed by atoms with Crippen molar-refractivity contribution in [2.24, 2.45) is 5.92 Å². The summed E-state index contributed by atoms with van der Waals surface area (Å²) in [7, 11) is 0. The van der Waals surface area contributed by atoms with Crippen LogP contribution in [0.5, 0.6) is 0 Å². The van der Waals surface area contributed by atoms with Gasteiger partial charge in [-0.25, -0.2) is 0 Å². The number of fused-ring (bicyclic) bond motifs is 1. The van der Waals surface area contributed by atoms with Crippen molar-refractivity contribution in [3.63, 3.8) is 0 Å². The summed E-state index contributed by atoms with van der Waals surface area (Å²) >= 11 is 1.51. The van der Waals surface area contributed by atoms with Gasteiger partial charge in [-0.05, 0) is 29.9 Å². The van der Waals surface area contributed by atoms with Gasteiger partial charge < -0.3 is 5.11 Å². The lowest BCUT2D eigenvalue weighted by atomic mass is 10.0. The van der Waals surface area contributed by atoms with Gasteiger partial charge in [-0.2, -0.15) is 4.37 Å². The third-order valence-electron chi connectivity index (χ3n) is 2.62. The van der Waals surface area contributed by atoms with Crippen molar-refractivity contribution in [2.75, 3.05) is 0 Å². The van der Waals surface area contributed by atoms with Crippen molar-refractivity contribution >= 4 is 22.4 Å². The number of hydrogen-bond acceptors (Lipinski definition) is 3. The molecule has 0 saturated carbocycles. The molecule has 0 aliphatic carbocycles. The van der Waals surface area contributed by atoms with E-state index in [1.54, 1.807) is 0 Å². The van der Waals surface area contributed by atoms with Gasteiger partial charge in [0, 0.05) is 16.7 Å². The maximum atomic E-state index is 9.93. The van der Waals surface area contributed by atoms with Crippen molar-refractivity contribution in [3.05, 3.63) is 29.1 Å². The zero-order chi connectivity index (χ0) is 11.5. The first-order valence-corrected chi connectivity index (χ1v) is 6.45. The largest absolute Gasteiger partial charge is 0.393 e. The minimum atomic E-state index is -0.246. The third kappa shape index (κ3) is 2.60. The average molecular weight is 235 g/mol. The summed E-state index contributed by atoms with van der Waals surface area (Å²) in [6.45, 7) is 4.27. The molecule has 0 radical (unpaired) electrons. The first-order valence-electron chi connectivity index (χ1n) is 5.68. The summed E-state index contributed by atoms with van der Waals surface area (Å²) in [5, 5.41) is 11.1. The fourth-order valence-corrected chi connectivity index (χ4v) is 2.84. The summed E-state index contributed by atoms with van der Waals surface area (Å²) in [6, 6.07) is 8.12. The number of aromatic nitrogens is 1. The van der Waals surface area contributed by atoms with Gasteiger partial charge in [0.2, 0.25) is 0 Å². The van der Waals surface area contributed by atoms with Crippen LogP contribution in [0.3, 0.4) is 0 Å². The monoisotopic (exact) mass is 235 g/mol. The topological polar surface area (TPSA) is 33.1 Å². The minimum Gasteiger partial charge on any atom is -0.393 e. The molecule has 0 bridgehead atoms. The number of aliphatic hydroxyl groups is 1. The van der Waals surface area contributed by atoms with Gasteiger partial charge in [0.15, 0.2) is 0 Å². The molecule has 0 aliphatic rings. The summed E-state index contributed by atoms with van der Waals surface area (Å²) in [6.07, 6.45) is 1.33. The van der Waals surface area contributed by atoms with Crippen LogP contribution >= 0.6 is 11.5 Å². The Morgan fingerprint density at radius 2 is 2.06 bits per heavy atom. The van der Waals surface area contributed by atoms with E-state index >= 15 is 0 Å². The number of benzene rings is 1. The standard InChI is InChI=1S/C13H17NOS/c1-9(2)7-10(15)8-13-11-5-3-4-6-12(11)14-16-13/h3-6,9-10,15H,7-8H2,1-2H3. The highest BCUT2D eigenvalue weighted by Gasteiger charge is 2.12. The Balaban J connectivity index is 2.15. The summed E-state index contributed by atoms with van der Waals surface area (Å²) < 4.78 is 4.38. The minimum absolute atomic E-state index is 0.246. The summed E-state index contributed by atoms with van der Waals surface area (Å²) in [4.78, 5) is 1.20. The van der Waals surface area contributed by atoms with E-state index in [9.17, 15) is 5.11 Å². The lowest BCUT2D eigenvalue weighted by molar-refractivity contribution is 0.150. The Labute approximate surface area is 100 Å². The highest BCUT2D eigenvalue weighted by Crippen LogP contribution is 2.24. The molecule has 86 valence electrons. The second kappa shape index (κ2) is 4.93. The number of rotatable bonds is 4. The van der Waals surface area contributed by atoms with Gasteiger partial charge in [0.05, 0.1) is 11.6 Å². The van der Waals surface area contributed by atoms with E-state index < -0.39 is 0 Å². The Hall–Kier alpha value is -0.930. The van der Waals surface area contributed by atoms with Crippen molar-refractivity contribution in [1.29, 1.82) is 0 Å².